The molecule has 0 atom stereocenters. The van der Waals surface area contributed by atoms with Gasteiger partial charge in [-0.15, -0.1) is 0 Å². The van der Waals surface area contributed by atoms with Gasteiger partial charge < -0.3 is 0 Å². The van der Waals surface area contributed by atoms with E-state index in [0.29, 0.717) is 16.3 Å². The van der Waals surface area contributed by atoms with Crippen LogP contribution in [-0.2, 0) is 16.6 Å². The molecule has 0 saturated heterocycles. The summed E-state index contributed by atoms with van der Waals surface area (Å²) in [5.74, 6) is -0.557. The Morgan fingerprint density at radius 3 is 2.36 bits per heavy atom. The molecule has 4 rings (SSSR count). The van der Waals surface area contributed by atoms with Crippen molar-refractivity contribution in [2.75, 3.05) is 4.31 Å². The maximum Gasteiger partial charge on any atom is 0.273 e. The maximum absolute atomic E-state index is 13.8. The van der Waals surface area contributed by atoms with E-state index in [0.717, 1.165) is 5.56 Å². The Kier molecular flexibility index (Phi) is 7.77. The Morgan fingerprint density at radius 1 is 0.972 bits per heavy atom. The van der Waals surface area contributed by atoms with Crippen LogP contribution in [0.25, 0.3) is 0 Å². The average Bonchev–Trinajstić information content (AvgIpc) is 2.89. The molecule has 4 aromatic rings. The van der Waals surface area contributed by atoms with Gasteiger partial charge >= 0.3 is 0 Å². The normalized spacial score (nSPS) is 11.4. The number of nitrogens with one attached hydrogen (secondary N) is 1. The molecule has 9 heteroatoms. The number of amides is 1. The zero-order valence-electron chi connectivity index (χ0n) is 19.4. The molecule has 182 valence electrons. The summed E-state index contributed by atoms with van der Waals surface area (Å²) in [5.41, 5.74) is 5.05. The Hall–Kier alpha value is -4.01. The van der Waals surface area contributed by atoms with Crippen LogP contribution in [0.4, 0.5) is 5.69 Å². The van der Waals surface area contributed by atoms with Crippen LogP contribution in [0.2, 0.25) is 5.02 Å². The van der Waals surface area contributed by atoms with Crippen molar-refractivity contribution in [2.24, 2.45) is 5.10 Å². The molecular formula is C27H23ClN4O3S. The van der Waals surface area contributed by atoms with Crippen LogP contribution in [0.3, 0.4) is 0 Å². The molecule has 36 heavy (non-hydrogen) atoms. The molecule has 3 aromatic carbocycles. The predicted octanol–water partition coefficient (Wildman–Crippen LogP) is 5.20. The Labute approximate surface area is 215 Å². The summed E-state index contributed by atoms with van der Waals surface area (Å²) in [6.07, 6.45) is 3.03. The van der Waals surface area contributed by atoms with Crippen molar-refractivity contribution in [3.05, 3.63) is 125 Å². The number of pyridine rings is 1. The van der Waals surface area contributed by atoms with Crippen LogP contribution in [-0.4, -0.2) is 25.5 Å². The van der Waals surface area contributed by atoms with Crippen molar-refractivity contribution in [2.45, 2.75) is 18.4 Å². The van der Waals surface area contributed by atoms with Gasteiger partial charge in [0.15, 0.2) is 0 Å². The largest absolute Gasteiger partial charge is 0.273 e. The van der Waals surface area contributed by atoms with Crippen molar-refractivity contribution in [1.82, 2.24) is 10.4 Å². The molecule has 0 radical (unpaired) electrons. The standard InChI is InChI=1S/C27H23ClN4O3S/c1-20-9-15-24(16-10-20)36(34,35)32(19-21-11-13-22(28)14-12-21)26-8-3-2-7-25(26)27(33)31-30-18-23-6-4-5-17-29-23/h2-18H,19H2,1H3,(H,31,33)/b30-18-. The zero-order chi connectivity index (χ0) is 25.5. The fourth-order valence-corrected chi connectivity index (χ4v) is 5.04. The van der Waals surface area contributed by atoms with E-state index in [1.807, 2.05) is 6.92 Å². The number of hydrogen-bond donors (Lipinski definition) is 1. The van der Waals surface area contributed by atoms with E-state index < -0.39 is 15.9 Å². The van der Waals surface area contributed by atoms with Gasteiger partial charge in [-0.05, 0) is 61.0 Å². The van der Waals surface area contributed by atoms with Gasteiger partial charge in [0.2, 0.25) is 0 Å². The fraction of sp³-hybridized carbons (Fsp3) is 0.0741. The van der Waals surface area contributed by atoms with E-state index >= 15 is 0 Å². The number of anilines is 1. The minimum atomic E-state index is -4.03. The monoisotopic (exact) mass is 518 g/mol. The lowest BCUT2D eigenvalue weighted by Crippen LogP contribution is -2.33. The van der Waals surface area contributed by atoms with Gasteiger partial charge in [0, 0.05) is 11.2 Å². The number of sulfonamides is 1. The number of halogens is 1. The van der Waals surface area contributed by atoms with Gasteiger partial charge in [0.1, 0.15) is 0 Å². The third-order valence-corrected chi connectivity index (χ3v) is 7.34. The van der Waals surface area contributed by atoms with Crippen molar-refractivity contribution >= 4 is 39.4 Å². The smallest absolute Gasteiger partial charge is 0.267 e. The fourth-order valence-electron chi connectivity index (χ4n) is 3.45. The summed E-state index contributed by atoms with van der Waals surface area (Å²) in [6, 6.07) is 25.3. The summed E-state index contributed by atoms with van der Waals surface area (Å²) in [5, 5.41) is 4.51. The van der Waals surface area contributed by atoms with Crippen LogP contribution in [0, 0.1) is 6.92 Å². The number of carbonyl (C=O) groups is 1. The molecule has 0 unspecified atom stereocenters. The second-order valence-corrected chi connectivity index (χ2v) is 10.2. The number of rotatable bonds is 8. The lowest BCUT2D eigenvalue weighted by molar-refractivity contribution is 0.0955. The summed E-state index contributed by atoms with van der Waals surface area (Å²) in [4.78, 5) is 17.3. The molecule has 0 aliphatic rings. The van der Waals surface area contributed by atoms with Gasteiger partial charge in [-0.3, -0.25) is 14.1 Å². The summed E-state index contributed by atoms with van der Waals surface area (Å²) in [6.45, 7) is 1.88. The first-order chi connectivity index (χ1) is 17.3. The van der Waals surface area contributed by atoms with Gasteiger partial charge in [0.25, 0.3) is 15.9 Å². The van der Waals surface area contributed by atoms with Crippen LogP contribution in [0.15, 0.2) is 107 Å². The van der Waals surface area contributed by atoms with E-state index in [1.54, 1.807) is 97.2 Å². The number of nitrogens with zero attached hydrogens (tertiary/aromatic N) is 3. The van der Waals surface area contributed by atoms with Gasteiger partial charge in [-0.1, -0.05) is 59.6 Å². The number of hydrazone groups is 1. The SMILES string of the molecule is Cc1ccc(S(=O)(=O)N(Cc2ccc(Cl)cc2)c2ccccc2C(=O)N/N=C\c2ccccn2)cc1. The van der Waals surface area contributed by atoms with E-state index in [1.165, 1.54) is 10.5 Å². The van der Waals surface area contributed by atoms with Crippen LogP contribution in [0.5, 0.6) is 0 Å². The second kappa shape index (κ2) is 11.2. The molecular weight excluding hydrogens is 496 g/mol. The maximum atomic E-state index is 13.8. The molecule has 0 aliphatic carbocycles. The summed E-state index contributed by atoms with van der Waals surface area (Å²) in [7, 11) is -4.03. The van der Waals surface area contributed by atoms with Crippen molar-refractivity contribution in [3.8, 4) is 0 Å². The number of carbonyl (C=O) groups excluding carboxylic acids is 1. The molecule has 1 amide bonds. The highest BCUT2D eigenvalue weighted by atomic mass is 35.5. The van der Waals surface area contributed by atoms with E-state index in [4.69, 9.17) is 11.6 Å². The highest BCUT2D eigenvalue weighted by molar-refractivity contribution is 7.92. The topological polar surface area (TPSA) is 91.7 Å². The first kappa shape index (κ1) is 25.1. The minimum absolute atomic E-state index is 0.00508. The lowest BCUT2D eigenvalue weighted by atomic mass is 10.1. The Balaban J connectivity index is 1.72. The molecule has 0 fully saturated rings. The van der Waals surface area contributed by atoms with Crippen LogP contribution < -0.4 is 9.73 Å². The molecule has 1 N–H and O–H groups in total. The van der Waals surface area contributed by atoms with Crippen molar-refractivity contribution in [3.63, 3.8) is 0 Å². The predicted molar refractivity (Wildman–Crippen MR) is 142 cm³/mol. The first-order valence-electron chi connectivity index (χ1n) is 11.0. The van der Waals surface area contributed by atoms with Gasteiger partial charge in [0.05, 0.1) is 34.6 Å². The molecule has 0 spiro atoms. The highest BCUT2D eigenvalue weighted by Crippen LogP contribution is 2.29. The molecule has 1 heterocycles. The van der Waals surface area contributed by atoms with E-state index in [9.17, 15) is 13.2 Å². The number of aryl methyl sites for hydroxylation is 1. The molecule has 0 aliphatic heterocycles. The first-order valence-corrected chi connectivity index (χ1v) is 12.8. The number of benzene rings is 3. The Bertz CT molecular complexity index is 1470. The third-order valence-electron chi connectivity index (χ3n) is 5.32. The quantitative estimate of drug-likeness (QED) is 0.256. The van der Waals surface area contributed by atoms with Crippen molar-refractivity contribution in [1.29, 1.82) is 0 Å². The second-order valence-electron chi connectivity index (χ2n) is 7.92. The molecule has 0 bridgehead atoms. The van der Waals surface area contributed by atoms with Crippen LogP contribution >= 0.6 is 11.6 Å². The molecule has 7 nitrogen and oxygen atoms in total. The highest BCUT2D eigenvalue weighted by Gasteiger charge is 2.28. The van der Waals surface area contributed by atoms with Gasteiger partial charge in [-0.2, -0.15) is 5.10 Å². The van der Waals surface area contributed by atoms with Crippen molar-refractivity contribution < 1.29 is 13.2 Å². The van der Waals surface area contributed by atoms with E-state index in [-0.39, 0.29) is 22.7 Å². The average molecular weight is 519 g/mol. The van der Waals surface area contributed by atoms with Crippen LogP contribution in [0.1, 0.15) is 27.2 Å². The lowest BCUT2D eigenvalue weighted by Gasteiger charge is -2.26. The Morgan fingerprint density at radius 2 is 1.67 bits per heavy atom. The molecule has 0 saturated carbocycles. The summed E-state index contributed by atoms with van der Waals surface area (Å²) < 4.78 is 28.9. The molecule has 1 aromatic heterocycles. The summed E-state index contributed by atoms with van der Waals surface area (Å²) >= 11 is 6.02. The minimum Gasteiger partial charge on any atom is -0.267 e. The number of para-hydroxylation sites is 1. The number of aromatic nitrogens is 1. The van der Waals surface area contributed by atoms with Gasteiger partial charge in [-0.25, -0.2) is 13.8 Å². The zero-order valence-corrected chi connectivity index (χ0v) is 20.9. The third kappa shape index (κ3) is 5.97. The van der Waals surface area contributed by atoms with E-state index in [2.05, 4.69) is 15.5 Å². The number of hydrogen-bond acceptors (Lipinski definition) is 5.